The normalized spacial score (nSPS) is 12.6. The summed E-state index contributed by atoms with van der Waals surface area (Å²) >= 11 is 0. The molecule has 1 aromatic carbocycles. The first-order chi connectivity index (χ1) is 9.67. The van der Waals surface area contributed by atoms with E-state index < -0.39 is 0 Å². The van der Waals surface area contributed by atoms with E-state index in [0.717, 1.165) is 31.5 Å². The molecule has 0 saturated heterocycles. The maximum absolute atomic E-state index is 4.49. The van der Waals surface area contributed by atoms with Crippen LogP contribution in [-0.4, -0.2) is 22.4 Å². The second kappa shape index (κ2) is 7.25. The molecule has 3 heteroatoms. The van der Waals surface area contributed by atoms with E-state index in [0.29, 0.717) is 6.04 Å². The van der Waals surface area contributed by atoms with Gasteiger partial charge in [-0.25, -0.2) is 0 Å². The Morgan fingerprint density at radius 1 is 1.25 bits per heavy atom. The van der Waals surface area contributed by atoms with Crippen LogP contribution in [0, 0.1) is 6.92 Å². The Balaban J connectivity index is 2.02. The molecule has 0 radical (unpaired) electrons. The summed E-state index contributed by atoms with van der Waals surface area (Å²) < 4.78 is 1.87. The third-order valence-corrected chi connectivity index (χ3v) is 3.47. The molecule has 1 unspecified atom stereocenters. The quantitative estimate of drug-likeness (QED) is 0.839. The van der Waals surface area contributed by atoms with E-state index in [9.17, 15) is 0 Å². The Labute approximate surface area is 122 Å². The molecule has 0 aliphatic heterocycles. The number of rotatable bonds is 7. The summed E-state index contributed by atoms with van der Waals surface area (Å²) in [5, 5.41) is 8.14. The zero-order valence-corrected chi connectivity index (χ0v) is 12.8. The topological polar surface area (TPSA) is 29.9 Å². The minimum Gasteiger partial charge on any atom is -0.313 e. The molecule has 3 nitrogen and oxygen atoms in total. The maximum atomic E-state index is 4.49. The summed E-state index contributed by atoms with van der Waals surface area (Å²) in [7, 11) is 1.97. The lowest BCUT2D eigenvalue weighted by molar-refractivity contribution is 0.498. The van der Waals surface area contributed by atoms with Crippen LogP contribution in [0.4, 0.5) is 0 Å². The Hall–Kier alpha value is -1.61. The molecular formula is C17H25N3. The van der Waals surface area contributed by atoms with Crippen molar-refractivity contribution < 1.29 is 0 Å². The van der Waals surface area contributed by atoms with Crippen LogP contribution in [-0.2, 0) is 19.9 Å². The maximum Gasteiger partial charge on any atom is 0.0640 e. The van der Waals surface area contributed by atoms with E-state index in [2.05, 4.69) is 54.6 Å². The molecule has 1 atom stereocenters. The summed E-state index contributed by atoms with van der Waals surface area (Å²) in [6.07, 6.45) is 5.21. The van der Waals surface area contributed by atoms with Gasteiger partial charge in [0.05, 0.1) is 5.69 Å². The average molecular weight is 271 g/mol. The largest absolute Gasteiger partial charge is 0.313 e. The second-order valence-corrected chi connectivity index (χ2v) is 5.53. The van der Waals surface area contributed by atoms with Gasteiger partial charge in [0.15, 0.2) is 0 Å². The monoisotopic (exact) mass is 271 g/mol. The molecule has 0 amide bonds. The second-order valence-electron chi connectivity index (χ2n) is 5.53. The average Bonchev–Trinajstić information content (AvgIpc) is 2.81. The Kier molecular flexibility index (Phi) is 5.36. The number of aromatic nitrogens is 2. The molecule has 1 aromatic heterocycles. The first-order valence-corrected chi connectivity index (χ1v) is 7.45. The van der Waals surface area contributed by atoms with Crippen LogP contribution in [0.1, 0.15) is 30.2 Å². The van der Waals surface area contributed by atoms with Crippen LogP contribution in [0.5, 0.6) is 0 Å². The van der Waals surface area contributed by atoms with Crippen molar-refractivity contribution in [3.63, 3.8) is 0 Å². The number of hydrogen-bond donors (Lipinski definition) is 1. The molecule has 0 aliphatic rings. The van der Waals surface area contributed by atoms with Crippen LogP contribution in [0.3, 0.4) is 0 Å². The van der Waals surface area contributed by atoms with Crippen molar-refractivity contribution in [1.29, 1.82) is 0 Å². The highest BCUT2D eigenvalue weighted by Gasteiger charge is 2.11. The predicted molar refractivity (Wildman–Crippen MR) is 83.9 cm³/mol. The molecule has 1 N–H and O–H groups in total. The molecule has 0 fully saturated rings. The van der Waals surface area contributed by atoms with Gasteiger partial charge in [-0.2, -0.15) is 5.10 Å². The van der Waals surface area contributed by atoms with Crippen LogP contribution in [0.25, 0.3) is 0 Å². The number of nitrogens with one attached hydrogen (secondary N) is 1. The highest BCUT2D eigenvalue weighted by Crippen LogP contribution is 2.10. The van der Waals surface area contributed by atoms with Gasteiger partial charge in [-0.1, -0.05) is 36.8 Å². The minimum absolute atomic E-state index is 0.451. The molecule has 0 aliphatic carbocycles. The number of aryl methyl sites for hydroxylation is 2. The smallest absolute Gasteiger partial charge is 0.0640 e. The summed E-state index contributed by atoms with van der Waals surface area (Å²) in [6, 6.07) is 11.3. The number of nitrogens with zero attached hydrogens (tertiary/aromatic N) is 2. The van der Waals surface area contributed by atoms with Crippen LogP contribution in [0.15, 0.2) is 36.5 Å². The Morgan fingerprint density at radius 3 is 2.75 bits per heavy atom. The Bertz CT molecular complexity index is 531. The van der Waals surface area contributed by atoms with Crippen LogP contribution in [0.2, 0.25) is 0 Å². The fraction of sp³-hybridized carbons (Fsp3) is 0.471. The van der Waals surface area contributed by atoms with Gasteiger partial charge in [-0.15, -0.1) is 0 Å². The van der Waals surface area contributed by atoms with E-state index in [4.69, 9.17) is 0 Å². The van der Waals surface area contributed by atoms with Crippen molar-refractivity contribution in [2.24, 2.45) is 7.05 Å². The molecule has 2 aromatic rings. The van der Waals surface area contributed by atoms with Crippen LogP contribution >= 0.6 is 0 Å². The third-order valence-electron chi connectivity index (χ3n) is 3.47. The van der Waals surface area contributed by atoms with Crippen molar-refractivity contribution in [2.45, 2.75) is 39.2 Å². The van der Waals surface area contributed by atoms with E-state index in [-0.39, 0.29) is 0 Å². The third kappa shape index (κ3) is 4.49. The van der Waals surface area contributed by atoms with Gasteiger partial charge in [0, 0.05) is 25.7 Å². The van der Waals surface area contributed by atoms with Crippen molar-refractivity contribution in [3.8, 4) is 0 Å². The molecule has 2 rings (SSSR count). The van der Waals surface area contributed by atoms with Gasteiger partial charge >= 0.3 is 0 Å². The molecule has 0 bridgehead atoms. The zero-order valence-electron chi connectivity index (χ0n) is 12.8. The number of hydrogen-bond acceptors (Lipinski definition) is 2. The van der Waals surface area contributed by atoms with E-state index >= 15 is 0 Å². The summed E-state index contributed by atoms with van der Waals surface area (Å²) in [4.78, 5) is 0. The van der Waals surface area contributed by atoms with E-state index in [1.165, 1.54) is 11.1 Å². The highest BCUT2D eigenvalue weighted by atomic mass is 15.2. The van der Waals surface area contributed by atoms with Gasteiger partial charge < -0.3 is 5.32 Å². The summed E-state index contributed by atoms with van der Waals surface area (Å²) in [6.45, 7) is 5.41. The Morgan fingerprint density at radius 2 is 2.10 bits per heavy atom. The number of benzene rings is 1. The molecule has 0 spiro atoms. The van der Waals surface area contributed by atoms with Gasteiger partial charge in [0.2, 0.25) is 0 Å². The van der Waals surface area contributed by atoms with Crippen molar-refractivity contribution in [2.75, 3.05) is 6.54 Å². The van der Waals surface area contributed by atoms with E-state index in [1.807, 2.05) is 17.9 Å². The fourth-order valence-corrected chi connectivity index (χ4v) is 2.51. The minimum atomic E-state index is 0.451. The molecular weight excluding hydrogens is 246 g/mol. The first-order valence-electron chi connectivity index (χ1n) is 7.45. The SMILES string of the molecule is CCCNC(Cc1cccc(C)c1)Cc1ccn(C)n1. The van der Waals surface area contributed by atoms with Gasteiger partial charge in [0.1, 0.15) is 0 Å². The van der Waals surface area contributed by atoms with Gasteiger partial charge in [0.25, 0.3) is 0 Å². The molecule has 0 saturated carbocycles. The van der Waals surface area contributed by atoms with Crippen molar-refractivity contribution >= 4 is 0 Å². The first kappa shape index (κ1) is 14.8. The van der Waals surface area contributed by atoms with Gasteiger partial charge in [-0.05, 0) is 37.9 Å². The van der Waals surface area contributed by atoms with E-state index in [1.54, 1.807) is 0 Å². The fourth-order valence-electron chi connectivity index (χ4n) is 2.51. The zero-order chi connectivity index (χ0) is 14.4. The van der Waals surface area contributed by atoms with Gasteiger partial charge in [-0.3, -0.25) is 4.68 Å². The molecule has 108 valence electrons. The van der Waals surface area contributed by atoms with Crippen LogP contribution < -0.4 is 5.32 Å². The molecule has 20 heavy (non-hydrogen) atoms. The summed E-state index contributed by atoms with van der Waals surface area (Å²) in [5.74, 6) is 0. The lowest BCUT2D eigenvalue weighted by Gasteiger charge is -2.18. The predicted octanol–water partition coefficient (Wildman–Crippen LogP) is 2.88. The standard InChI is InChI=1S/C17H25N3/c1-4-9-18-17(13-16-8-10-20(3)19-16)12-15-7-5-6-14(2)11-15/h5-8,10-11,17-18H,4,9,12-13H2,1-3H3. The van der Waals surface area contributed by atoms with Crippen molar-refractivity contribution in [3.05, 3.63) is 53.3 Å². The summed E-state index contributed by atoms with van der Waals surface area (Å²) in [5.41, 5.74) is 3.89. The lowest BCUT2D eigenvalue weighted by atomic mass is 10.0. The lowest BCUT2D eigenvalue weighted by Crippen LogP contribution is -2.34. The van der Waals surface area contributed by atoms with Crippen molar-refractivity contribution in [1.82, 2.24) is 15.1 Å². The highest BCUT2D eigenvalue weighted by molar-refractivity contribution is 5.23. The molecule has 1 heterocycles.